The van der Waals surface area contributed by atoms with E-state index in [0.29, 0.717) is 5.25 Å². The number of aromatic nitrogens is 1. The molecule has 4 heteroatoms. The molecule has 68 valence electrons. The van der Waals surface area contributed by atoms with Crippen molar-refractivity contribution in [3.63, 3.8) is 0 Å². The Morgan fingerprint density at radius 3 is 2.92 bits per heavy atom. The number of thioether (sulfide) groups is 1. The van der Waals surface area contributed by atoms with Gasteiger partial charge in [-0.2, -0.15) is 11.8 Å². The Morgan fingerprint density at radius 1 is 1.67 bits per heavy atom. The number of aliphatic hydroxyl groups excluding tert-OH is 1. The molecule has 12 heavy (non-hydrogen) atoms. The second kappa shape index (κ2) is 4.84. The lowest BCUT2D eigenvalue weighted by Gasteiger charge is -2.00. The first-order chi connectivity index (χ1) is 5.72. The standard InChI is InChI=1S/C8H13NOS2/c1-6(2)11-5-8-9-7(3-10)4-12-8/h4,6,10H,3,5H2,1-2H3. The number of thiazole rings is 1. The molecule has 1 aromatic rings. The van der Waals surface area contributed by atoms with Crippen molar-refractivity contribution in [2.75, 3.05) is 0 Å². The number of rotatable bonds is 4. The highest BCUT2D eigenvalue weighted by Crippen LogP contribution is 2.19. The lowest BCUT2D eigenvalue weighted by molar-refractivity contribution is 0.277. The monoisotopic (exact) mass is 203 g/mol. The molecule has 0 unspecified atom stereocenters. The maximum atomic E-state index is 8.77. The highest BCUT2D eigenvalue weighted by atomic mass is 32.2. The number of hydrogen-bond acceptors (Lipinski definition) is 4. The summed E-state index contributed by atoms with van der Waals surface area (Å²) in [5, 5.41) is 12.4. The summed E-state index contributed by atoms with van der Waals surface area (Å²) in [4.78, 5) is 4.25. The molecule has 0 spiro atoms. The second-order valence-corrected chi connectivity index (χ2v) is 5.26. The first-order valence-electron chi connectivity index (χ1n) is 3.88. The van der Waals surface area contributed by atoms with Gasteiger partial charge in [0.2, 0.25) is 0 Å². The zero-order valence-electron chi connectivity index (χ0n) is 7.28. The van der Waals surface area contributed by atoms with E-state index in [9.17, 15) is 0 Å². The lowest BCUT2D eigenvalue weighted by atomic mass is 10.5. The molecule has 1 aromatic heterocycles. The molecule has 0 aromatic carbocycles. The van der Waals surface area contributed by atoms with Crippen LogP contribution in [0.5, 0.6) is 0 Å². The van der Waals surface area contributed by atoms with Gasteiger partial charge in [0.25, 0.3) is 0 Å². The molecule has 1 N–H and O–H groups in total. The van der Waals surface area contributed by atoms with Crippen LogP contribution in [0.25, 0.3) is 0 Å². The molecule has 0 aliphatic heterocycles. The SMILES string of the molecule is CC(C)SCc1nc(CO)cs1. The van der Waals surface area contributed by atoms with Crippen molar-refractivity contribution in [1.29, 1.82) is 0 Å². The summed E-state index contributed by atoms with van der Waals surface area (Å²) in [7, 11) is 0. The van der Waals surface area contributed by atoms with Gasteiger partial charge in [-0.1, -0.05) is 13.8 Å². The quantitative estimate of drug-likeness (QED) is 0.815. The van der Waals surface area contributed by atoms with Crippen LogP contribution in [0.4, 0.5) is 0 Å². The molecule has 1 rings (SSSR count). The molecule has 1 heterocycles. The van der Waals surface area contributed by atoms with E-state index in [-0.39, 0.29) is 6.61 Å². The second-order valence-electron chi connectivity index (χ2n) is 2.75. The Hall–Kier alpha value is -0.0600. The van der Waals surface area contributed by atoms with E-state index in [2.05, 4.69) is 18.8 Å². The van der Waals surface area contributed by atoms with Crippen LogP contribution < -0.4 is 0 Å². The van der Waals surface area contributed by atoms with Gasteiger partial charge in [0.1, 0.15) is 5.01 Å². The predicted molar refractivity (Wildman–Crippen MR) is 54.5 cm³/mol. The van der Waals surface area contributed by atoms with Crippen molar-refractivity contribution in [3.05, 3.63) is 16.1 Å². The van der Waals surface area contributed by atoms with Gasteiger partial charge in [-0.25, -0.2) is 4.98 Å². The van der Waals surface area contributed by atoms with Gasteiger partial charge in [0, 0.05) is 11.1 Å². The van der Waals surface area contributed by atoms with Gasteiger partial charge >= 0.3 is 0 Å². The fourth-order valence-corrected chi connectivity index (χ4v) is 2.31. The van der Waals surface area contributed by atoms with Crippen LogP contribution in [0, 0.1) is 0 Å². The van der Waals surface area contributed by atoms with Crippen molar-refractivity contribution < 1.29 is 5.11 Å². The summed E-state index contributed by atoms with van der Waals surface area (Å²) in [5.74, 6) is 0.961. The van der Waals surface area contributed by atoms with Gasteiger partial charge in [-0.15, -0.1) is 11.3 Å². The van der Waals surface area contributed by atoms with Crippen LogP contribution in [0.2, 0.25) is 0 Å². The van der Waals surface area contributed by atoms with E-state index >= 15 is 0 Å². The van der Waals surface area contributed by atoms with E-state index < -0.39 is 0 Å². The van der Waals surface area contributed by atoms with Gasteiger partial charge in [0.05, 0.1) is 12.3 Å². The van der Waals surface area contributed by atoms with Crippen molar-refractivity contribution >= 4 is 23.1 Å². The van der Waals surface area contributed by atoms with Crippen molar-refractivity contribution in [1.82, 2.24) is 4.98 Å². The molecule has 0 saturated carbocycles. The third kappa shape index (κ3) is 3.13. The van der Waals surface area contributed by atoms with Crippen LogP contribution in [0.15, 0.2) is 5.38 Å². The minimum atomic E-state index is 0.0584. The van der Waals surface area contributed by atoms with Crippen LogP contribution in [0.1, 0.15) is 24.5 Å². The number of aliphatic hydroxyl groups is 1. The molecule has 0 fully saturated rings. The molecule has 0 amide bonds. The maximum Gasteiger partial charge on any atom is 0.103 e. The number of hydrogen-bond donors (Lipinski definition) is 1. The first-order valence-corrected chi connectivity index (χ1v) is 5.81. The molecule has 0 bridgehead atoms. The topological polar surface area (TPSA) is 33.1 Å². The zero-order chi connectivity index (χ0) is 8.97. The summed E-state index contributed by atoms with van der Waals surface area (Å²) in [6.45, 7) is 4.40. The van der Waals surface area contributed by atoms with Crippen LogP contribution in [0.3, 0.4) is 0 Å². The molecule has 0 saturated heterocycles. The van der Waals surface area contributed by atoms with E-state index in [1.165, 1.54) is 0 Å². The van der Waals surface area contributed by atoms with Crippen molar-refractivity contribution in [2.45, 2.75) is 31.5 Å². The first kappa shape index (κ1) is 10.0. The average Bonchev–Trinajstić information content (AvgIpc) is 2.48. The molecule has 0 radical (unpaired) electrons. The number of nitrogens with zero attached hydrogens (tertiary/aromatic N) is 1. The van der Waals surface area contributed by atoms with E-state index in [1.807, 2.05) is 17.1 Å². The molecule has 2 nitrogen and oxygen atoms in total. The van der Waals surface area contributed by atoms with Gasteiger partial charge in [0.15, 0.2) is 0 Å². The Labute approximate surface area is 81.0 Å². The average molecular weight is 203 g/mol. The lowest BCUT2D eigenvalue weighted by Crippen LogP contribution is -1.89. The van der Waals surface area contributed by atoms with E-state index in [1.54, 1.807) is 11.3 Å². The molecular formula is C8H13NOS2. The van der Waals surface area contributed by atoms with E-state index in [0.717, 1.165) is 16.5 Å². The highest BCUT2D eigenvalue weighted by Gasteiger charge is 2.02. The van der Waals surface area contributed by atoms with Gasteiger partial charge in [-0.3, -0.25) is 0 Å². The van der Waals surface area contributed by atoms with Crippen molar-refractivity contribution in [3.8, 4) is 0 Å². The smallest absolute Gasteiger partial charge is 0.103 e. The van der Waals surface area contributed by atoms with Crippen LogP contribution in [-0.2, 0) is 12.4 Å². The fraction of sp³-hybridized carbons (Fsp3) is 0.625. The maximum absolute atomic E-state index is 8.77. The normalized spacial score (nSPS) is 11.0. The minimum absolute atomic E-state index is 0.0584. The predicted octanol–water partition coefficient (Wildman–Crippen LogP) is 2.28. The zero-order valence-corrected chi connectivity index (χ0v) is 8.91. The third-order valence-electron chi connectivity index (χ3n) is 1.30. The summed E-state index contributed by atoms with van der Waals surface area (Å²) < 4.78 is 0. The Bertz CT molecular complexity index is 235. The largest absolute Gasteiger partial charge is 0.390 e. The fourth-order valence-electron chi connectivity index (χ4n) is 0.726. The van der Waals surface area contributed by atoms with Crippen LogP contribution >= 0.6 is 23.1 Å². The van der Waals surface area contributed by atoms with Gasteiger partial charge < -0.3 is 5.11 Å². The Morgan fingerprint density at radius 2 is 2.42 bits per heavy atom. The summed E-state index contributed by atoms with van der Waals surface area (Å²) in [5.41, 5.74) is 0.791. The molecular weight excluding hydrogens is 190 g/mol. The molecule has 0 aliphatic carbocycles. The summed E-state index contributed by atoms with van der Waals surface area (Å²) in [6.07, 6.45) is 0. The molecule has 0 aliphatic rings. The summed E-state index contributed by atoms with van der Waals surface area (Å²) in [6, 6.07) is 0. The van der Waals surface area contributed by atoms with Gasteiger partial charge in [-0.05, 0) is 5.25 Å². The van der Waals surface area contributed by atoms with Crippen molar-refractivity contribution in [2.24, 2.45) is 0 Å². The highest BCUT2D eigenvalue weighted by molar-refractivity contribution is 7.99. The van der Waals surface area contributed by atoms with E-state index in [4.69, 9.17) is 5.11 Å². The third-order valence-corrected chi connectivity index (χ3v) is 3.49. The minimum Gasteiger partial charge on any atom is -0.390 e. The summed E-state index contributed by atoms with van der Waals surface area (Å²) >= 11 is 3.50. The Kier molecular flexibility index (Phi) is 4.05. The molecule has 0 atom stereocenters. The van der Waals surface area contributed by atoms with Crippen LogP contribution in [-0.4, -0.2) is 15.3 Å². The Balaban J connectivity index is 2.41.